The van der Waals surface area contributed by atoms with Gasteiger partial charge in [-0.3, -0.25) is 0 Å². The molecule has 2 aromatic heterocycles. The monoisotopic (exact) mass is 405 g/mol. The molecule has 0 N–H and O–H groups in total. The van der Waals surface area contributed by atoms with E-state index in [1.807, 2.05) is 54.0 Å². The first-order valence-corrected chi connectivity index (χ1v) is 11.3. The standard InChI is InChI=1S/C19H19NO3S3/c1-12-14(20-18(23-12)17-4-3-7-24-17)11-22-15-6-5-13(10-16(15)21-2)19-25-8-9-26-19/h3-7,10,19H,8-9,11H2,1-2H3. The van der Waals surface area contributed by atoms with Crippen LogP contribution in [0.4, 0.5) is 0 Å². The molecule has 0 bridgehead atoms. The van der Waals surface area contributed by atoms with Crippen molar-refractivity contribution in [2.45, 2.75) is 18.1 Å². The van der Waals surface area contributed by atoms with Crippen molar-refractivity contribution in [3.63, 3.8) is 0 Å². The van der Waals surface area contributed by atoms with Crippen molar-refractivity contribution in [3.05, 3.63) is 52.7 Å². The van der Waals surface area contributed by atoms with Crippen molar-refractivity contribution in [1.82, 2.24) is 4.98 Å². The van der Waals surface area contributed by atoms with Crippen LogP contribution < -0.4 is 9.47 Å². The molecule has 3 aromatic rings. The Morgan fingerprint density at radius 1 is 1.19 bits per heavy atom. The molecule has 136 valence electrons. The molecule has 1 fully saturated rings. The molecule has 1 saturated heterocycles. The van der Waals surface area contributed by atoms with Gasteiger partial charge in [-0.1, -0.05) is 12.1 Å². The van der Waals surface area contributed by atoms with Gasteiger partial charge in [-0.25, -0.2) is 4.98 Å². The summed E-state index contributed by atoms with van der Waals surface area (Å²) in [6.45, 7) is 2.26. The van der Waals surface area contributed by atoms with Gasteiger partial charge in [0, 0.05) is 11.5 Å². The van der Waals surface area contributed by atoms with Crippen molar-refractivity contribution in [2.24, 2.45) is 0 Å². The number of aromatic nitrogens is 1. The van der Waals surface area contributed by atoms with Gasteiger partial charge in [0.05, 0.1) is 16.6 Å². The molecule has 7 heteroatoms. The largest absolute Gasteiger partial charge is 0.493 e. The van der Waals surface area contributed by atoms with Crippen LogP contribution in [0.1, 0.15) is 21.6 Å². The summed E-state index contributed by atoms with van der Waals surface area (Å²) in [5.41, 5.74) is 2.08. The van der Waals surface area contributed by atoms with Crippen LogP contribution in [0, 0.1) is 6.92 Å². The maximum absolute atomic E-state index is 5.99. The number of nitrogens with zero attached hydrogens (tertiary/aromatic N) is 1. The summed E-state index contributed by atoms with van der Waals surface area (Å²) < 4.78 is 17.8. The Morgan fingerprint density at radius 3 is 2.77 bits per heavy atom. The van der Waals surface area contributed by atoms with Gasteiger partial charge < -0.3 is 13.9 Å². The van der Waals surface area contributed by atoms with E-state index in [0.717, 1.165) is 27.8 Å². The van der Waals surface area contributed by atoms with Crippen molar-refractivity contribution in [2.75, 3.05) is 18.6 Å². The minimum Gasteiger partial charge on any atom is -0.493 e. The molecule has 1 aromatic carbocycles. The molecule has 0 atom stereocenters. The molecule has 0 unspecified atom stereocenters. The van der Waals surface area contributed by atoms with Crippen LogP contribution in [0.15, 0.2) is 40.1 Å². The summed E-state index contributed by atoms with van der Waals surface area (Å²) in [4.78, 5) is 5.60. The van der Waals surface area contributed by atoms with E-state index in [9.17, 15) is 0 Å². The molecule has 3 heterocycles. The van der Waals surface area contributed by atoms with Crippen LogP contribution in [0.3, 0.4) is 0 Å². The van der Waals surface area contributed by atoms with E-state index in [-0.39, 0.29) is 0 Å². The average molecular weight is 406 g/mol. The predicted molar refractivity (Wildman–Crippen MR) is 110 cm³/mol. The van der Waals surface area contributed by atoms with Gasteiger partial charge in [-0.05, 0) is 36.1 Å². The SMILES string of the molecule is COc1cc(C2SCCS2)ccc1OCc1nc(-c2cccs2)oc1C. The number of hydrogen-bond acceptors (Lipinski definition) is 7. The molecule has 0 amide bonds. The summed E-state index contributed by atoms with van der Waals surface area (Å²) in [5.74, 6) is 5.32. The van der Waals surface area contributed by atoms with E-state index >= 15 is 0 Å². The maximum Gasteiger partial charge on any atom is 0.236 e. The molecule has 0 saturated carbocycles. The topological polar surface area (TPSA) is 44.5 Å². The van der Waals surface area contributed by atoms with Crippen molar-refractivity contribution >= 4 is 34.9 Å². The third-order valence-electron chi connectivity index (χ3n) is 4.07. The van der Waals surface area contributed by atoms with Gasteiger partial charge in [0.2, 0.25) is 5.89 Å². The molecular weight excluding hydrogens is 386 g/mol. The van der Waals surface area contributed by atoms with E-state index in [1.54, 1.807) is 18.4 Å². The first-order chi connectivity index (χ1) is 12.7. The second-order valence-corrected chi connectivity index (χ2v) is 9.44. The summed E-state index contributed by atoms with van der Waals surface area (Å²) in [5, 5.41) is 2.01. The van der Waals surface area contributed by atoms with Crippen LogP contribution >= 0.6 is 34.9 Å². The number of ether oxygens (including phenoxy) is 2. The Labute approximate surface area is 165 Å². The van der Waals surface area contributed by atoms with Gasteiger partial charge in [0.1, 0.15) is 18.1 Å². The number of hydrogen-bond donors (Lipinski definition) is 0. The van der Waals surface area contributed by atoms with Crippen LogP contribution in [0.2, 0.25) is 0 Å². The zero-order valence-corrected chi connectivity index (χ0v) is 17.0. The first-order valence-electron chi connectivity index (χ1n) is 8.28. The third kappa shape index (κ3) is 3.75. The molecule has 0 spiro atoms. The lowest BCUT2D eigenvalue weighted by Crippen LogP contribution is -2.00. The third-order valence-corrected chi connectivity index (χ3v) is 8.03. The number of oxazole rings is 1. The first kappa shape index (κ1) is 17.8. The number of aryl methyl sites for hydroxylation is 1. The summed E-state index contributed by atoms with van der Waals surface area (Å²) in [7, 11) is 1.68. The van der Waals surface area contributed by atoms with Crippen molar-refractivity contribution in [1.29, 1.82) is 0 Å². The smallest absolute Gasteiger partial charge is 0.236 e. The fourth-order valence-electron chi connectivity index (χ4n) is 2.71. The normalized spacial score (nSPS) is 14.7. The summed E-state index contributed by atoms with van der Waals surface area (Å²) in [6, 6.07) is 10.2. The van der Waals surface area contributed by atoms with Crippen LogP contribution in [-0.4, -0.2) is 23.6 Å². The Morgan fingerprint density at radius 2 is 2.04 bits per heavy atom. The van der Waals surface area contributed by atoms with Crippen LogP contribution in [-0.2, 0) is 6.61 Å². The van der Waals surface area contributed by atoms with Gasteiger partial charge >= 0.3 is 0 Å². The van der Waals surface area contributed by atoms with E-state index in [1.165, 1.54) is 17.1 Å². The highest BCUT2D eigenvalue weighted by molar-refractivity contribution is 8.19. The van der Waals surface area contributed by atoms with E-state index in [2.05, 4.69) is 17.1 Å². The van der Waals surface area contributed by atoms with E-state index in [4.69, 9.17) is 13.9 Å². The molecule has 4 rings (SSSR count). The highest BCUT2D eigenvalue weighted by Crippen LogP contribution is 2.47. The molecule has 1 aliphatic heterocycles. The summed E-state index contributed by atoms with van der Waals surface area (Å²) >= 11 is 5.57. The summed E-state index contributed by atoms with van der Waals surface area (Å²) in [6.07, 6.45) is 0. The molecule has 26 heavy (non-hydrogen) atoms. The molecular formula is C19H19NO3S3. The van der Waals surface area contributed by atoms with E-state index in [0.29, 0.717) is 17.1 Å². The predicted octanol–water partition coefficient (Wildman–Crippen LogP) is 5.78. The fourth-order valence-corrected chi connectivity index (χ4v) is 6.20. The minimum absolute atomic E-state index is 0.351. The fraction of sp³-hybridized carbons (Fsp3) is 0.316. The zero-order valence-electron chi connectivity index (χ0n) is 14.6. The van der Waals surface area contributed by atoms with Crippen LogP contribution in [0.25, 0.3) is 10.8 Å². The number of thiophene rings is 1. The Bertz CT molecular complexity index is 870. The molecule has 4 nitrogen and oxygen atoms in total. The number of methoxy groups -OCH3 is 1. The number of benzene rings is 1. The van der Waals surface area contributed by atoms with Gasteiger partial charge in [-0.2, -0.15) is 0 Å². The second-order valence-electron chi connectivity index (χ2n) is 5.77. The van der Waals surface area contributed by atoms with Crippen molar-refractivity contribution < 1.29 is 13.9 Å². The lowest BCUT2D eigenvalue weighted by atomic mass is 10.2. The zero-order chi connectivity index (χ0) is 17.9. The number of rotatable bonds is 6. The van der Waals surface area contributed by atoms with Crippen molar-refractivity contribution in [3.8, 4) is 22.3 Å². The Kier molecular flexibility index (Phi) is 5.47. The Balaban J connectivity index is 1.49. The highest BCUT2D eigenvalue weighted by atomic mass is 32.2. The van der Waals surface area contributed by atoms with Crippen LogP contribution in [0.5, 0.6) is 11.5 Å². The lowest BCUT2D eigenvalue weighted by molar-refractivity contribution is 0.279. The van der Waals surface area contributed by atoms with E-state index < -0.39 is 0 Å². The maximum atomic E-state index is 5.99. The quantitative estimate of drug-likeness (QED) is 0.518. The Hall–Kier alpha value is -1.57. The highest BCUT2D eigenvalue weighted by Gasteiger charge is 2.20. The molecule has 0 aliphatic carbocycles. The minimum atomic E-state index is 0.351. The van der Waals surface area contributed by atoms with Gasteiger partial charge in [-0.15, -0.1) is 34.9 Å². The van der Waals surface area contributed by atoms with Gasteiger partial charge in [0.15, 0.2) is 11.5 Å². The lowest BCUT2D eigenvalue weighted by Gasteiger charge is -2.14. The molecule has 0 radical (unpaired) electrons. The second kappa shape index (κ2) is 7.98. The average Bonchev–Trinajstić information content (AvgIpc) is 3.41. The van der Waals surface area contributed by atoms with Gasteiger partial charge in [0.25, 0.3) is 0 Å². The molecule has 1 aliphatic rings. The number of thioether (sulfide) groups is 2.